The topological polar surface area (TPSA) is 76.1 Å². The first kappa shape index (κ1) is 23.4. The van der Waals surface area contributed by atoms with Gasteiger partial charge in [0.15, 0.2) is 17.3 Å². The molecule has 1 unspecified atom stereocenters. The first-order valence-electron chi connectivity index (χ1n) is 11.9. The van der Waals surface area contributed by atoms with Crippen molar-refractivity contribution in [1.82, 2.24) is 0 Å². The summed E-state index contributed by atoms with van der Waals surface area (Å²) in [4.78, 5) is 29.5. The molecule has 2 aromatic carbocycles. The van der Waals surface area contributed by atoms with Crippen LogP contribution < -0.4 is 14.4 Å². The number of halogens is 1. The van der Waals surface area contributed by atoms with E-state index < -0.39 is 17.7 Å². The molecule has 7 heteroatoms. The van der Waals surface area contributed by atoms with Crippen LogP contribution in [0.1, 0.15) is 63.4 Å². The summed E-state index contributed by atoms with van der Waals surface area (Å²) in [5.41, 5.74) is 5.44. The fourth-order valence-corrected chi connectivity index (χ4v) is 5.52. The van der Waals surface area contributed by atoms with Crippen molar-refractivity contribution in [3.8, 4) is 11.5 Å². The maximum Gasteiger partial charge on any atom is 0.266 e. The Hall–Kier alpha value is -3.35. The number of Topliss-reactive ketones (excluding diaryl/α,β-unsaturated/α-hetero) is 1. The van der Waals surface area contributed by atoms with E-state index in [4.69, 9.17) is 9.47 Å². The second-order valence-corrected chi connectivity index (χ2v) is 9.99. The van der Waals surface area contributed by atoms with Gasteiger partial charge in [0.1, 0.15) is 23.2 Å². The van der Waals surface area contributed by atoms with E-state index >= 15 is 0 Å². The molecule has 1 atom stereocenters. The van der Waals surface area contributed by atoms with Gasteiger partial charge in [-0.3, -0.25) is 14.5 Å². The molecule has 3 aliphatic rings. The van der Waals surface area contributed by atoms with Crippen molar-refractivity contribution in [3.63, 3.8) is 0 Å². The van der Waals surface area contributed by atoms with Gasteiger partial charge in [-0.2, -0.15) is 0 Å². The Labute approximate surface area is 204 Å². The Morgan fingerprint density at radius 2 is 1.37 bits per heavy atom. The predicted molar refractivity (Wildman–Crippen MR) is 130 cm³/mol. The van der Waals surface area contributed by atoms with Gasteiger partial charge in [-0.05, 0) is 94.7 Å². The van der Waals surface area contributed by atoms with Crippen LogP contribution in [0.5, 0.6) is 11.5 Å². The minimum Gasteiger partial charge on any atom is -0.511 e. The minimum absolute atomic E-state index is 0.0817. The van der Waals surface area contributed by atoms with Crippen LogP contribution >= 0.6 is 0 Å². The molecule has 2 aliphatic heterocycles. The molecule has 184 valence electrons. The molecule has 35 heavy (non-hydrogen) atoms. The van der Waals surface area contributed by atoms with E-state index in [2.05, 4.69) is 0 Å². The zero-order valence-corrected chi connectivity index (χ0v) is 21.2. The number of ether oxygens (including phenoxy) is 2. The van der Waals surface area contributed by atoms with Crippen LogP contribution in [0, 0.1) is 60.2 Å². The van der Waals surface area contributed by atoms with Crippen LogP contribution in [-0.2, 0) is 9.59 Å². The number of hydrogen-bond donors (Lipinski definition) is 1. The van der Waals surface area contributed by atoms with Gasteiger partial charge in [-0.15, -0.1) is 0 Å². The van der Waals surface area contributed by atoms with E-state index in [1.807, 2.05) is 20.8 Å². The van der Waals surface area contributed by atoms with Crippen molar-refractivity contribution in [2.75, 3.05) is 11.7 Å². The predicted octanol–water partition coefficient (Wildman–Crippen LogP) is 5.59. The van der Waals surface area contributed by atoms with Crippen LogP contribution in [0.4, 0.5) is 10.1 Å². The smallest absolute Gasteiger partial charge is 0.266 e. The number of hydrogen-bond acceptors (Lipinski definition) is 5. The third kappa shape index (κ3) is 3.13. The summed E-state index contributed by atoms with van der Waals surface area (Å²) in [6, 6.07) is -1.02. The van der Waals surface area contributed by atoms with E-state index in [1.54, 1.807) is 27.7 Å². The Morgan fingerprint density at radius 1 is 0.829 bits per heavy atom. The second-order valence-electron chi connectivity index (χ2n) is 9.99. The summed E-state index contributed by atoms with van der Waals surface area (Å²) >= 11 is 0. The van der Waals surface area contributed by atoms with Crippen LogP contribution in [0.25, 0.3) is 0 Å². The number of fused-ring (bicyclic) bond motifs is 1. The van der Waals surface area contributed by atoms with Crippen molar-refractivity contribution in [3.05, 3.63) is 61.7 Å². The number of rotatable bonds is 3. The van der Waals surface area contributed by atoms with Gasteiger partial charge in [0, 0.05) is 17.0 Å². The van der Waals surface area contributed by atoms with Crippen LogP contribution in [0.3, 0.4) is 0 Å². The molecule has 1 N–H and O–H groups in total. The molecule has 1 saturated heterocycles. The number of aliphatic hydroxyl groups is 1. The van der Waals surface area contributed by atoms with E-state index in [9.17, 15) is 19.1 Å². The first-order chi connectivity index (χ1) is 16.5. The summed E-state index contributed by atoms with van der Waals surface area (Å²) < 4.78 is 26.3. The molecular formula is C28H30FNO5. The van der Waals surface area contributed by atoms with Crippen molar-refractivity contribution in [2.24, 2.45) is 5.92 Å². The molecular weight excluding hydrogens is 449 g/mol. The van der Waals surface area contributed by atoms with Gasteiger partial charge in [-0.1, -0.05) is 0 Å². The lowest BCUT2D eigenvalue weighted by Gasteiger charge is -2.31. The van der Waals surface area contributed by atoms with Gasteiger partial charge < -0.3 is 14.6 Å². The van der Waals surface area contributed by atoms with Gasteiger partial charge in [0.2, 0.25) is 6.79 Å². The third-order valence-corrected chi connectivity index (χ3v) is 8.08. The van der Waals surface area contributed by atoms with Gasteiger partial charge in [0.25, 0.3) is 5.91 Å². The Kier molecular flexibility index (Phi) is 5.24. The number of allylic oxidation sites excluding steroid dienone is 1. The maximum atomic E-state index is 14.9. The number of amides is 1. The Morgan fingerprint density at radius 3 is 1.91 bits per heavy atom. The van der Waals surface area contributed by atoms with Crippen molar-refractivity contribution >= 4 is 17.4 Å². The third-order valence-electron chi connectivity index (χ3n) is 8.08. The van der Waals surface area contributed by atoms with Crippen LogP contribution in [0.15, 0.2) is 11.3 Å². The molecule has 2 heterocycles. The molecule has 2 aromatic rings. The van der Waals surface area contributed by atoms with E-state index in [-0.39, 0.29) is 29.9 Å². The summed E-state index contributed by atoms with van der Waals surface area (Å²) in [6.45, 7) is 12.6. The lowest BCUT2D eigenvalue weighted by atomic mass is 9.86. The molecule has 1 saturated carbocycles. The average molecular weight is 480 g/mol. The van der Waals surface area contributed by atoms with Crippen molar-refractivity contribution in [2.45, 2.75) is 67.3 Å². The second kappa shape index (κ2) is 7.83. The SMILES string of the molecule is Cc1c(C)c(C2C(=O)C(=C(O)C3CC3)C(=O)N2c2c(C)c(C)c3c(c2C)OCO3)c(C)c(C)c1F. The summed E-state index contributed by atoms with van der Waals surface area (Å²) in [5, 5.41) is 10.9. The highest BCUT2D eigenvalue weighted by molar-refractivity contribution is 6.34. The molecule has 0 spiro atoms. The Balaban J connectivity index is 1.84. The molecule has 0 bridgehead atoms. The number of benzene rings is 2. The highest BCUT2D eigenvalue weighted by Crippen LogP contribution is 2.51. The highest BCUT2D eigenvalue weighted by atomic mass is 19.1. The zero-order valence-electron chi connectivity index (χ0n) is 21.2. The van der Waals surface area contributed by atoms with E-state index in [0.29, 0.717) is 50.6 Å². The number of ketones is 1. The monoisotopic (exact) mass is 479 g/mol. The quantitative estimate of drug-likeness (QED) is 0.353. The number of anilines is 1. The highest BCUT2D eigenvalue weighted by Gasteiger charge is 2.51. The van der Waals surface area contributed by atoms with Gasteiger partial charge in [0.05, 0.1) is 5.69 Å². The maximum absolute atomic E-state index is 14.9. The van der Waals surface area contributed by atoms with E-state index in [1.165, 1.54) is 4.90 Å². The Bertz CT molecular complexity index is 1340. The summed E-state index contributed by atoms with van der Waals surface area (Å²) in [6.07, 6.45) is 1.49. The molecule has 0 aromatic heterocycles. The van der Waals surface area contributed by atoms with Crippen molar-refractivity contribution in [1.29, 1.82) is 0 Å². The minimum atomic E-state index is -1.02. The lowest BCUT2D eigenvalue weighted by molar-refractivity contribution is -0.117. The molecule has 1 aliphatic carbocycles. The fourth-order valence-electron chi connectivity index (χ4n) is 5.52. The summed E-state index contributed by atoms with van der Waals surface area (Å²) in [7, 11) is 0. The van der Waals surface area contributed by atoms with Gasteiger partial charge in [-0.25, -0.2) is 4.39 Å². The average Bonchev–Trinajstić information content (AvgIpc) is 3.51. The number of carbonyl (C=O) groups is 2. The van der Waals surface area contributed by atoms with Crippen molar-refractivity contribution < 1.29 is 28.6 Å². The fraction of sp³-hybridized carbons (Fsp3) is 0.429. The van der Waals surface area contributed by atoms with E-state index in [0.717, 1.165) is 24.0 Å². The largest absolute Gasteiger partial charge is 0.511 e. The number of carbonyl (C=O) groups excluding carboxylic acids is 2. The standard InChI is InChI=1S/C28H30FNO5/c1-11-13(3)21(29)14(4)12(2)19(11)23-25(32)20(24(31)18-8-9-18)28(33)30(23)22-15(5)16(6)26-27(17(22)7)35-10-34-26/h18,23,31H,8-10H2,1-7H3. The molecule has 1 amide bonds. The van der Waals surface area contributed by atoms with Gasteiger partial charge >= 0.3 is 0 Å². The first-order valence-corrected chi connectivity index (χ1v) is 11.9. The molecule has 6 nitrogen and oxygen atoms in total. The normalized spacial score (nSPS) is 20.8. The molecule has 0 radical (unpaired) electrons. The molecule has 5 rings (SSSR count). The lowest BCUT2D eigenvalue weighted by Crippen LogP contribution is -2.32. The number of aliphatic hydroxyl groups excluding tert-OH is 1. The summed E-state index contributed by atoms with van der Waals surface area (Å²) in [5.74, 6) is -0.418. The molecule has 2 fully saturated rings. The number of nitrogens with zero attached hydrogens (tertiary/aromatic N) is 1. The zero-order chi connectivity index (χ0) is 25.5. The van der Waals surface area contributed by atoms with Crippen LogP contribution in [-0.4, -0.2) is 23.6 Å². The van der Waals surface area contributed by atoms with Crippen LogP contribution in [0.2, 0.25) is 0 Å².